The molecule has 2 aromatic rings. The van der Waals surface area contributed by atoms with Crippen LogP contribution in [0.2, 0.25) is 0 Å². The highest BCUT2D eigenvalue weighted by Gasteiger charge is 2.08. The van der Waals surface area contributed by atoms with E-state index < -0.39 is 0 Å². The molecule has 0 aliphatic heterocycles. The van der Waals surface area contributed by atoms with Crippen molar-refractivity contribution in [2.45, 2.75) is 13.5 Å². The molecule has 1 heterocycles. The number of pyridine rings is 1. The minimum atomic E-state index is 0.697. The van der Waals surface area contributed by atoms with Gasteiger partial charge in [0.05, 0.1) is 14.2 Å². The van der Waals surface area contributed by atoms with Crippen LogP contribution in [0.25, 0.3) is 0 Å². The van der Waals surface area contributed by atoms with Gasteiger partial charge in [0.15, 0.2) is 11.5 Å². The molecule has 0 aliphatic rings. The van der Waals surface area contributed by atoms with Gasteiger partial charge in [-0.2, -0.15) is 0 Å². The Labute approximate surface area is 127 Å². The van der Waals surface area contributed by atoms with Gasteiger partial charge in [-0.3, -0.25) is 4.98 Å². The molecule has 2 rings (SSSR count). The van der Waals surface area contributed by atoms with Crippen LogP contribution in [0.4, 0.5) is 5.69 Å². The average molecular weight is 337 g/mol. The van der Waals surface area contributed by atoms with Crippen molar-refractivity contribution in [3.63, 3.8) is 0 Å². The predicted octanol–water partition coefficient (Wildman–Crippen LogP) is 3.78. The zero-order valence-electron chi connectivity index (χ0n) is 11.7. The number of methoxy groups -OCH3 is 2. The van der Waals surface area contributed by atoms with Gasteiger partial charge in [-0.15, -0.1) is 0 Å². The number of benzene rings is 1. The largest absolute Gasteiger partial charge is 0.493 e. The van der Waals surface area contributed by atoms with E-state index >= 15 is 0 Å². The summed E-state index contributed by atoms with van der Waals surface area (Å²) in [5, 5.41) is 3.39. The highest BCUT2D eigenvalue weighted by molar-refractivity contribution is 9.10. The summed E-state index contributed by atoms with van der Waals surface area (Å²) in [5.74, 6) is 1.45. The van der Waals surface area contributed by atoms with Crippen molar-refractivity contribution < 1.29 is 9.47 Å². The molecule has 0 spiro atoms. The smallest absolute Gasteiger partial charge is 0.162 e. The van der Waals surface area contributed by atoms with Crippen LogP contribution >= 0.6 is 15.9 Å². The van der Waals surface area contributed by atoms with Crippen LogP contribution in [0.15, 0.2) is 35.1 Å². The molecule has 1 aromatic carbocycles. The lowest BCUT2D eigenvalue weighted by Crippen LogP contribution is -2.02. The highest BCUT2D eigenvalue weighted by atomic mass is 79.9. The van der Waals surface area contributed by atoms with Crippen molar-refractivity contribution >= 4 is 21.6 Å². The summed E-state index contributed by atoms with van der Waals surface area (Å²) in [7, 11) is 3.27. The molecule has 0 radical (unpaired) electrons. The zero-order valence-corrected chi connectivity index (χ0v) is 13.3. The summed E-state index contributed by atoms with van der Waals surface area (Å²) in [4.78, 5) is 4.15. The van der Waals surface area contributed by atoms with E-state index in [-0.39, 0.29) is 0 Å². The molecular weight excluding hydrogens is 320 g/mol. The van der Waals surface area contributed by atoms with Gasteiger partial charge in [0.25, 0.3) is 0 Å². The maximum atomic E-state index is 5.32. The summed E-state index contributed by atoms with van der Waals surface area (Å²) in [5.41, 5.74) is 3.22. The number of aromatic nitrogens is 1. The Kier molecular flexibility index (Phi) is 4.84. The minimum absolute atomic E-state index is 0.697. The van der Waals surface area contributed by atoms with Crippen LogP contribution in [-0.2, 0) is 6.54 Å². The van der Waals surface area contributed by atoms with Crippen LogP contribution in [0.5, 0.6) is 11.5 Å². The van der Waals surface area contributed by atoms with Crippen molar-refractivity contribution in [2.75, 3.05) is 19.5 Å². The van der Waals surface area contributed by atoms with E-state index in [4.69, 9.17) is 9.47 Å². The molecule has 0 fully saturated rings. The molecule has 0 atom stereocenters. The number of ether oxygens (including phenoxy) is 2. The van der Waals surface area contributed by atoms with E-state index in [1.165, 1.54) is 0 Å². The van der Waals surface area contributed by atoms with Gasteiger partial charge in [-0.25, -0.2) is 0 Å². The third-order valence-corrected chi connectivity index (χ3v) is 3.41. The van der Waals surface area contributed by atoms with Gasteiger partial charge in [-0.1, -0.05) is 0 Å². The first-order chi connectivity index (χ1) is 9.63. The van der Waals surface area contributed by atoms with Gasteiger partial charge in [0, 0.05) is 35.2 Å². The number of hydrogen-bond donors (Lipinski definition) is 1. The summed E-state index contributed by atoms with van der Waals surface area (Å²) in [6, 6.07) is 5.94. The van der Waals surface area contributed by atoms with E-state index in [1.807, 2.05) is 31.3 Å². The number of aryl methyl sites for hydroxylation is 1. The molecular formula is C15H17BrN2O2. The Balaban J connectivity index is 2.17. The van der Waals surface area contributed by atoms with Crippen molar-refractivity contribution in [2.24, 2.45) is 0 Å². The third-order valence-electron chi connectivity index (χ3n) is 2.98. The van der Waals surface area contributed by atoms with E-state index in [1.54, 1.807) is 20.4 Å². The maximum absolute atomic E-state index is 5.32. The number of rotatable bonds is 5. The lowest BCUT2D eigenvalue weighted by molar-refractivity contribution is 0.355. The Morgan fingerprint density at radius 1 is 1.10 bits per heavy atom. The number of nitrogens with one attached hydrogen (secondary N) is 1. The molecule has 0 unspecified atom stereocenters. The van der Waals surface area contributed by atoms with Gasteiger partial charge < -0.3 is 14.8 Å². The van der Waals surface area contributed by atoms with Gasteiger partial charge in [-0.05, 0) is 46.1 Å². The van der Waals surface area contributed by atoms with Crippen molar-refractivity contribution in [1.29, 1.82) is 0 Å². The van der Waals surface area contributed by atoms with Crippen LogP contribution in [0.3, 0.4) is 0 Å². The standard InChI is InChI=1S/C15H17BrN2O2/c1-10-4-14(19-2)15(20-3)6-13(10)18-8-11-5-12(16)9-17-7-11/h4-7,9,18H,8H2,1-3H3. The Hall–Kier alpha value is -1.75. The van der Waals surface area contributed by atoms with Crippen molar-refractivity contribution in [3.8, 4) is 11.5 Å². The Morgan fingerprint density at radius 2 is 1.80 bits per heavy atom. The second-order valence-corrected chi connectivity index (χ2v) is 5.30. The second kappa shape index (κ2) is 6.61. The summed E-state index contributed by atoms with van der Waals surface area (Å²) in [6.07, 6.45) is 3.61. The fourth-order valence-electron chi connectivity index (χ4n) is 1.92. The van der Waals surface area contributed by atoms with E-state index in [0.717, 1.165) is 27.0 Å². The molecule has 0 bridgehead atoms. The number of anilines is 1. The van der Waals surface area contributed by atoms with Crippen LogP contribution in [-0.4, -0.2) is 19.2 Å². The molecule has 0 aliphatic carbocycles. The third kappa shape index (κ3) is 3.42. The van der Waals surface area contributed by atoms with E-state index in [0.29, 0.717) is 12.3 Å². The Morgan fingerprint density at radius 3 is 2.45 bits per heavy atom. The zero-order chi connectivity index (χ0) is 14.5. The number of halogens is 1. The minimum Gasteiger partial charge on any atom is -0.493 e. The molecule has 5 heteroatoms. The summed E-state index contributed by atoms with van der Waals surface area (Å²) < 4.78 is 11.6. The summed E-state index contributed by atoms with van der Waals surface area (Å²) in [6.45, 7) is 2.73. The normalized spacial score (nSPS) is 10.2. The average Bonchev–Trinajstić information content (AvgIpc) is 2.45. The van der Waals surface area contributed by atoms with Crippen molar-refractivity contribution in [3.05, 3.63) is 46.2 Å². The highest BCUT2D eigenvalue weighted by Crippen LogP contribution is 2.33. The first-order valence-electron chi connectivity index (χ1n) is 6.20. The van der Waals surface area contributed by atoms with Gasteiger partial charge in [0.1, 0.15) is 0 Å². The molecule has 0 saturated carbocycles. The molecule has 20 heavy (non-hydrogen) atoms. The molecule has 1 N–H and O–H groups in total. The first-order valence-corrected chi connectivity index (χ1v) is 6.99. The van der Waals surface area contributed by atoms with E-state index in [2.05, 4.69) is 26.2 Å². The van der Waals surface area contributed by atoms with Crippen molar-refractivity contribution in [1.82, 2.24) is 4.98 Å². The summed E-state index contributed by atoms with van der Waals surface area (Å²) >= 11 is 3.42. The number of hydrogen-bond acceptors (Lipinski definition) is 4. The lowest BCUT2D eigenvalue weighted by atomic mass is 10.1. The quantitative estimate of drug-likeness (QED) is 0.902. The predicted molar refractivity (Wildman–Crippen MR) is 83.5 cm³/mol. The topological polar surface area (TPSA) is 43.4 Å². The van der Waals surface area contributed by atoms with Crippen LogP contribution in [0.1, 0.15) is 11.1 Å². The Bertz CT molecular complexity index is 602. The fourth-order valence-corrected chi connectivity index (χ4v) is 2.33. The molecule has 4 nitrogen and oxygen atoms in total. The molecule has 0 saturated heterocycles. The second-order valence-electron chi connectivity index (χ2n) is 4.39. The van der Waals surface area contributed by atoms with Crippen LogP contribution in [0, 0.1) is 6.92 Å². The van der Waals surface area contributed by atoms with Crippen LogP contribution < -0.4 is 14.8 Å². The molecule has 0 amide bonds. The lowest BCUT2D eigenvalue weighted by Gasteiger charge is -2.14. The fraction of sp³-hybridized carbons (Fsp3) is 0.267. The monoisotopic (exact) mass is 336 g/mol. The molecule has 1 aromatic heterocycles. The van der Waals surface area contributed by atoms with E-state index in [9.17, 15) is 0 Å². The SMILES string of the molecule is COc1cc(C)c(NCc2cncc(Br)c2)cc1OC. The first kappa shape index (κ1) is 14.7. The molecule has 106 valence electrons. The van der Waals surface area contributed by atoms with Gasteiger partial charge >= 0.3 is 0 Å². The number of nitrogens with zero attached hydrogens (tertiary/aromatic N) is 1. The maximum Gasteiger partial charge on any atom is 0.162 e. The van der Waals surface area contributed by atoms with Gasteiger partial charge in [0.2, 0.25) is 0 Å².